The summed E-state index contributed by atoms with van der Waals surface area (Å²) in [6.45, 7) is 0. The van der Waals surface area contributed by atoms with Gasteiger partial charge in [0.05, 0.1) is 0 Å². The Balaban J connectivity index is 2.64. The van der Waals surface area contributed by atoms with Crippen molar-refractivity contribution < 1.29 is 4.21 Å². The van der Waals surface area contributed by atoms with E-state index in [9.17, 15) is 4.21 Å². The third-order valence-corrected chi connectivity index (χ3v) is 2.22. The normalized spacial score (nSPS) is 14.1. The monoisotopic (exact) mass is 172 g/mol. The summed E-state index contributed by atoms with van der Waals surface area (Å²) in [4.78, 5) is 0. The molecule has 1 aromatic heterocycles. The summed E-state index contributed by atoms with van der Waals surface area (Å²) in [6, 6.07) is 1.99. The second-order valence-electron chi connectivity index (χ2n) is 1.86. The van der Waals surface area contributed by atoms with Crippen LogP contribution in [0.2, 0.25) is 0 Å². The Morgan fingerprint density at radius 2 is 2.50 bits per heavy atom. The Kier molecular flexibility index (Phi) is 2.83. The summed E-state index contributed by atoms with van der Waals surface area (Å²) in [6.07, 6.45) is 3.52. The molecule has 1 rings (SSSR count). The van der Waals surface area contributed by atoms with Gasteiger partial charge in [-0.3, -0.25) is 4.21 Å². The Bertz CT molecular complexity index is 236. The average Bonchev–Trinajstić information content (AvgIpc) is 2.34. The van der Waals surface area contributed by atoms with Gasteiger partial charge in [-0.15, -0.1) is 0 Å². The molecule has 0 fully saturated rings. The lowest BCUT2D eigenvalue weighted by atomic mass is 10.3. The SMILES string of the molecule is CS(=O)C=Cc1ccsc1. The van der Waals surface area contributed by atoms with Gasteiger partial charge in [0.1, 0.15) is 0 Å². The fraction of sp³-hybridized carbons (Fsp3) is 0.143. The standard InChI is InChI=1S/C7H8OS2/c1-10(8)5-3-7-2-4-9-6-7/h2-6H,1H3. The second-order valence-corrected chi connectivity index (χ2v) is 3.91. The Morgan fingerprint density at radius 1 is 1.70 bits per heavy atom. The zero-order chi connectivity index (χ0) is 7.40. The quantitative estimate of drug-likeness (QED) is 0.667. The minimum atomic E-state index is -0.826. The van der Waals surface area contributed by atoms with E-state index in [1.807, 2.05) is 22.9 Å². The summed E-state index contributed by atoms with van der Waals surface area (Å²) >= 11 is 1.64. The zero-order valence-corrected chi connectivity index (χ0v) is 7.24. The summed E-state index contributed by atoms with van der Waals surface area (Å²) < 4.78 is 10.6. The van der Waals surface area contributed by atoms with Gasteiger partial charge >= 0.3 is 0 Å². The van der Waals surface area contributed by atoms with Crippen LogP contribution in [0.5, 0.6) is 0 Å². The highest BCUT2D eigenvalue weighted by atomic mass is 32.2. The van der Waals surface area contributed by atoms with Gasteiger partial charge in [-0.1, -0.05) is 0 Å². The van der Waals surface area contributed by atoms with E-state index in [2.05, 4.69) is 0 Å². The molecule has 1 unspecified atom stereocenters. The summed E-state index contributed by atoms with van der Waals surface area (Å²) in [5, 5.41) is 5.70. The fourth-order valence-corrected chi connectivity index (χ4v) is 1.52. The Labute approximate surface area is 66.9 Å². The molecule has 0 radical (unpaired) electrons. The molecule has 0 aromatic carbocycles. The van der Waals surface area contributed by atoms with Crippen LogP contribution in [0.15, 0.2) is 22.2 Å². The first kappa shape index (κ1) is 7.69. The van der Waals surface area contributed by atoms with Crippen molar-refractivity contribution in [2.45, 2.75) is 0 Å². The van der Waals surface area contributed by atoms with E-state index < -0.39 is 10.8 Å². The maximum Gasteiger partial charge on any atom is 0.0424 e. The van der Waals surface area contributed by atoms with Gasteiger partial charge in [0.2, 0.25) is 0 Å². The lowest BCUT2D eigenvalue weighted by Gasteiger charge is -1.80. The molecular weight excluding hydrogens is 164 g/mol. The van der Waals surface area contributed by atoms with E-state index in [-0.39, 0.29) is 0 Å². The van der Waals surface area contributed by atoms with Crippen LogP contribution >= 0.6 is 11.3 Å². The van der Waals surface area contributed by atoms with Crippen molar-refractivity contribution in [2.24, 2.45) is 0 Å². The first-order chi connectivity index (χ1) is 4.79. The molecule has 3 heteroatoms. The minimum absolute atomic E-state index is 0.826. The summed E-state index contributed by atoms with van der Waals surface area (Å²) in [7, 11) is -0.826. The lowest BCUT2D eigenvalue weighted by molar-refractivity contribution is 0.692. The number of rotatable bonds is 2. The van der Waals surface area contributed by atoms with Crippen LogP contribution in [0.3, 0.4) is 0 Å². The molecule has 0 bridgehead atoms. The van der Waals surface area contributed by atoms with Crippen molar-refractivity contribution in [3.05, 3.63) is 27.8 Å². The molecule has 0 spiro atoms. The molecule has 1 aromatic rings. The molecule has 0 aliphatic carbocycles. The number of hydrogen-bond donors (Lipinski definition) is 0. The van der Waals surface area contributed by atoms with E-state index >= 15 is 0 Å². The van der Waals surface area contributed by atoms with Gasteiger partial charge in [-0.2, -0.15) is 11.3 Å². The summed E-state index contributed by atoms with van der Waals surface area (Å²) in [5.41, 5.74) is 1.13. The smallest absolute Gasteiger partial charge is 0.0424 e. The Morgan fingerprint density at radius 3 is 3.00 bits per heavy atom. The van der Waals surface area contributed by atoms with Crippen LogP contribution < -0.4 is 0 Å². The predicted molar refractivity (Wildman–Crippen MR) is 47.4 cm³/mol. The molecule has 0 aliphatic rings. The van der Waals surface area contributed by atoms with Gasteiger partial charge in [-0.05, 0) is 28.5 Å². The molecule has 0 saturated heterocycles. The van der Waals surface area contributed by atoms with Crippen LogP contribution in [0.4, 0.5) is 0 Å². The van der Waals surface area contributed by atoms with Gasteiger partial charge < -0.3 is 0 Å². The van der Waals surface area contributed by atoms with E-state index in [1.54, 1.807) is 23.0 Å². The third-order valence-electron chi connectivity index (χ3n) is 0.995. The van der Waals surface area contributed by atoms with Crippen molar-refractivity contribution in [3.8, 4) is 0 Å². The number of thiophene rings is 1. The zero-order valence-electron chi connectivity index (χ0n) is 5.61. The van der Waals surface area contributed by atoms with Crippen LogP contribution in [-0.2, 0) is 10.8 Å². The molecule has 0 aliphatic heterocycles. The predicted octanol–water partition coefficient (Wildman–Crippen LogP) is 2.10. The first-order valence-corrected chi connectivity index (χ1v) is 5.38. The van der Waals surface area contributed by atoms with Crippen LogP contribution in [0, 0.1) is 0 Å². The highest BCUT2D eigenvalue weighted by molar-refractivity contribution is 7.87. The third kappa shape index (κ3) is 2.45. The van der Waals surface area contributed by atoms with Gasteiger partial charge in [0, 0.05) is 22.5 Å². The Hall–Kier alpha value is -0.410. The molecule has 0 amide bonds. The van der Waals surface area contributed by atoms with Gasteiger partial charge in [0.25, 0.3) is 0 Å². The van der Waals surface area contributed by atoms with E-state index in [4.69, 9.17) is 0 Å². The first-order valence-electron chi connectivity index (χ1n) is 2.81. The topological polar surface area (TPSA) is 17.1 Å². The van der Waals surface area contributed by atoms with Crippen LogP contribution in [0.1, 0.15) is 5.56 Å². The number of hydrogen-bond acceptors (Lipinski definition) is 2. The maximum absolute atomic E-state index is 10.6. The molecule has 0 N–H and O–H groups in total. The van der Waals surface area contributed by atoms with E-state index in [1.165, 1.54) is 0 Å². The lowest BCUT2D eigenvalue weighted by Crippen LogP contribution is -1.73. The van der Waals surface area contributed by atoms with Crippen molar-refractivity contribution in [2.75, 3.05) is 6.26 Å². The van der Waals surface area contributed by atoms with Crippen molar-refractivity contribution in [1.29, 1.82) is 0 Å². The molecule has 0 saturated carbocycles. The minimum Gasteiger partial charge on any atom is -0.255 e. The molecule has 1 nitrogen and oxygen atoms in total. The average molecular weight is 172 g/mol. The van der Waals surface area contributed by atoms with Crippen LogP contribution in [-0.4, -0.2) is 10.5 Å². The van der Waals surface area contributed by atoms with E-state index in [0.29, 0.717) is 0 Å². The van der Waals surface area contributed by atoms with Gasteiger partial charge in [0.15, 0.2) is 0 Å². The van der Waals surface area contributed by atoms with Crippen molar-refractivity contribution in [1.82, 2.24) is 0 Å². The fourth-order valence-electron chi connectivity index (χ4n) is 0.544. The highest BCUT2D eigenvalue weighted by Gasteiger charge is 1.84. The van der Waals surface area contributed by atoms with E-state index in [0.717, 1.165) is 5.56 Å². The second kappa shape index (κ2) is 3.68. The molecule has 1 atom stereocenters. The van der Waals surface area contributed by atoms with Crippen molar-refractivity contribution >= 4 is 28.2 Å². The molecule has 10 heavy (non-hydrogen) atoms. The highest BCUT2D eigenvalue weighted by Crippen LogP contribution is 2.07. The van der Waals surface area contributed by atoms with Crippen molar-refractivity contribution in [3.63, 3.8) is 0 Å². The largest absolute Gasteiger partial charge is 0.255 e. The molecule has 1 heterocycles. The van der Waals surface area contributed by atoms with Crippen LogP contribution in [0.25, 0.3) is 6.08 Å². The summed E-state index contributed by atoms with van der Waals surface area (Å²) in [5.74, 6) is 0. The van der Waals surface area contributed by atoms with Gasteiger partial charge in [-0.25, -0.2) is 0 Å². The molecular formula is C7H8OS2. The maximum atomic E-state index is 10.6. The molecule has 54 valence electrons.